The number of sulfonamides is 1. The fourth-order valence-corrected chi connectivity index (χ4v) is 3.41. The lowest BCUT2D eigenvalue weighted by molar-refractivity contribution is 0.0941. The van der Waals surface area contributed by atoms with Gasteiger partial charge >= 0.3 is 0 Å². The highest BCUT2D eigenvalue weighted by molar-refractivity contribution is 7.89. The average molecular weight is 402 g/mol. The number of rotatable bonds is 5. The van der Waals surface area contributed by atoms with Gasteiger partial charge in [-0.1, -0.05) is 31.1 Å². The van der Waals surface area contributed by atoms with Crippen LogP contribution in [0.1, 0.15) is 60.0 Å². The number of benzene rings is 1. The van der Waals surface area contributed by atoms with E-state index < -0.39 is 10.0 Å². The highest BCUT2D eigenvalue weighted by Crippen LogP contribution is 2.26. The van der Waals surface area contributed by atoms with Crippen LogP contribution in [0.5, 0.6) is 0 Å². The number of hydrogen-bond acceptors (Lipinski definition) is 6. The molecule has 2 heterocycles. The van der Waals surface area contributed by atoms with Crippen molar-refractivity contribution in [3.8, 4) is 0 Å². The Morgan fingerprint density at radius 1 is 1.18 bits per heavy atom. The summed E-state index contributed by atoms with van der Waals surface area (Å²) in [6.45, 7) is 7.53. The summed E-state index contributed by atoms with van der Waals surface area (Å²) in [5.41, 5.74) is 2.85. The Hall–Kier alpha value is -2.78. The number of hydrogen-bond donors (Lipinski definition) is 2. The Bertz CT molecular complexity index is 1130. The summed E-state index contributed by atoms with van der Waals surface area (Å²) >= 11 is 0. The van der Waals surface area contributed by atoms with E-state index in [1.165, 1.54) is 12.1 Å². The Morgan fingerprint density at radius 3 is 2.39 bits per heavy atom. The van der Waals surface area contributed by atoms with Crippen LogP contribution in [0.4, 0.5) is 0 Å². The summed E-state index contributed by atoms with van der Waals surface area (Å²) in [7, 11) is -3.76. The minimum absolute atomic E-state index is 0.0206. The van der Waals surface area contributed by atoms with Crippen LogP contribution in [-0.4, -0.2) is 24.5 Å². The molecule has 8 nitrogen and oxygen atoms in total. The van der Waals surface area contributed by atoms with Gasteiger partial charge in [0, 0.05) is 5.69 Å². The average Bonchev–Trinajstić information content (AvgIpc) is 3.01. The van der Waals surface area contributed by atoms with Gasteiger partial charge in [-0.15, -0.1) is 0 Å². The lowest BCUT2D eigenvalue weighted by Gasteiger charge is -2.16. The zero-order valence-electron chi connectivity index (χ0n) is 16.1. The van der Waals surface area contributed by atoms with Crippen LogP contribution in [0, 0.1) is 6.92 Å². The molecule has 3 aromatic rings. The monoisotopic (exact) mass is 402 g/mol. The van der Waals surface area contributed by atoms with Gasteiger partial charge in [-0.05, 0) is 43.5 Å². The van der Waals surface area contributed by atoms with Gasteiger partial charge in [-0.2, -0.15) is 0 Å². The molecule has 0 saturated carbocycles. The van der Waals surface area contributed by atoms with Crippen LogP contribution in [0.3, 0.4) is 0 Å². The normalized spacial score (nSPS) is 13.1. The van der Waals surface area contributed by atoms with Crippen LogP contribution >= 0.6 is 0 Å². The fraction of sp³-hybridized carbons (Fsp3) is 0.316. The summed E-state index contributed by atoms with van der Waals surface area (Å²) in [5, 5.41) is 12.6. The molecule has 9 heteroatoms. The maximum absolute atomic E-state index is 13.0. The predicted molar refractivity (Wildman–Crippen MR) is 104 cm³/mol. The van der Waals surface area contributed by atoms with E-state index in [0.29, 0.717) is 22.4 Å². The maximum Gasteiger partial charge on any atom is 0.259 e. The number of pyridine rings is 1. The number of amides is 1. The van der Waals surface area contributed by atoms with Crippen molar-refractivity contribution in [1.29, 1.82) is 0 Å². The second kappa shape index (κ2) is 7.33. The van der Waals surface area contributed by atoms with Gasteiger partial charge in [-0.25, -0.2) is 18.5 Å². The van der Waals surface area contributed by atoms with Crippen molar-refractivity contribution in [3.05, 3.63) is 52.8 Å². The zero-order chi connectivity index (χ0) is 20.6. The second-order valence-corrected chi connectivity index (χ2v) is 8.57. The van der Waals surface area contributed by atoms with E-state index in [1.807, 2.05) is 20.8 Å². The number of nitrogens with two attached hydrogens (primary N) is 1. The topological polar surface area (TPSA) is 128 Å². The van der Waals surface area contributed by atoms with Gasteiger partial charge in [0.25, 0.3) is 11.6 Å². The quantitative estimate of drug-likeness (QED) is 0.675. The Kier molecular flexibility index (Phi) is 5.22. The number of fused-ring (bicyclic) bond motifs is 1. The number of aryl methyl sites for hydroxylation is 1. The molecule has 28 heavy (non-hydrogen) atoms. The van der Waals surface area contributed by atoms with Crippen LogP contribution in [0.25, 0.3) is 11.1 Å². The lowest BCUT2D eigenvalue weighted by Crippen LogP contribution is -2.27. The Morgan fingerprint density at radius 2 is 1.82 bits per heavy atom. The summed E-state index contributed by atoms with van der Waals surface area (Å²) in [6, 6.07) is 7.47. The summed E-state index contributed by atoms with van der Waals surface area (Å²) in [6.07, 6.45) is 0. The molecule has 0 spiro atoms. The van der Waals surface area contributed by atoms with Gasteiger partial charge < -0.3 is 9.84 Å². The molecule has 148 valence electrons. The van der Waals surface area contributed by atoms with E-state index in [1.54, 1.807) is 25.1 Å². The first-order chi connectivity index (χ1) is 13.1. The van der Waals surface area contributed by atoms with Gasteiger partial charge in [0.2, 0.25) is 10.0 Å². The summed E-state index contributed by atoms with van der Waals surface area (Å²) in [4.78, 5) is 17.4. The van der Waals surface area contributed by atoms with Crippen LogP contribution in [-0.2, 0) is 10.0 Å². The zero-order valence-corrected chi connectivity index (χ0v) is 16.9. The number of nitrogens with zero attached hydrogens (tertiary/aromatic N) is 2. The third-order valence-electron chi connectivity index (χ3n) is 4.53. The molecule has 0 aliphatic heterocycles. The fourth-order valence-electron chi connectivity index (χ4n) is 2.89. The standard InChI is InChI=1S/C19H22N4O4S/c1-10(2)16-9-15(17-12(4)23-27-19(17)22-16)18(24)21-11(3)13-5-7-14(8-6-13)28(20,25)26/h5-11H,1-4H3,(H,21,24)(H2,20,25,26). The first-order valence-corrected chi connectivity index (χ1v) is 10.3. The number of carbonyl (C=O) groups is 1. The number of primary sulfonamides is 1. The van der Waals surface area contributed by atoms with Crippen LogP contribution < -0.4 is 10.5 Å². The SMILES string of the molecule is Cc1noc2nc(C(C)C)cc(C(=O)NC(C)c3ccc(S(N)(=O)=O)cc3)c12. The third kappa shape index (κ3) is 3.90. The van der Waals surface area contributed by atoms with Crippen molar-refractivity contribution >= 4 is 27.0 Å². The van der Waals surface area contributed by atoms with Crippen LogP contribution in [0.15, 0.2) is 39.8 Å². The highest BCUT2D eigenvalue weighted by Gasteiger charge is 2.21. The van der Waals surface area contributed by atoms with Crippen molar-refractivity contribution < 1.29 is 17.7 Å². The third-order valence-corrected chi connectivity index (χ3v) is 5.46. The number of nitrogens with one attached hydrogen (secondary N) is 1. The van der Waals surface area contributed by atoms with Crippen LogP contribution in [0.2, 0.25) is 0 Å². The van der Waals surface area contributed by atoms with Gasteiger partial charge in [0.1, 0.15) is 0 Å². The molecule has 2 aromatic heterocycles. The Labute approximate surface area is 163 Å². The Balaban J connectivity index is 1.91. The molecule has 0 fully saturated rings. The molecule has 3 rings (SSSR count). The number of carbonyl (C=O) groups excluding carboxylic acids is 1. The van der Waals surface area contributed by atoms with Gasteiger partial charge in [0.15, 0.2) is 0 Å². The van der Waals surface area contributed by atoms with E-state index in [-0.39, 0.29) is 22.8 Å². The van der Waals surface area contributed by atoms with E-state index in [0.717, 1.165) is 11.3 Å². The largest absolute Gasteiger partial charge is 0.345 e. The van der Waals surface area contributed by atoms with E-state index in [2.05, 4.69) is 15.5 Å². The molecular formula is C19H22N4O4S. The van der Waals surface area contributed by atoms with Crippen molar-refractivity contribution in [1.82, 2.24) is 15.5 Å². The molecule has 1 aromatic carbocycles. The van der Waals surface area contributed by atoms with Crippen molar-refractivity contribution in [2.75, 3.05) is 0 Å². The predicted octanol–water partition coefficient (Wildman–Crippen LogP) is 2.79. The van der Waals surface area contributed by atoms with Crippen molar-refractivity contribution in [2.24, 2.45) is 5.14 Å². The maximum atomic E-state index is 13.0. The minimum atomic E-state index is -3.76. The smallest absolute Gasteiger partial charge is 0.259 e. The van der Waals surface area contributed by atoms with Gasteiger partial charge in [0.05, 0.1) is 27.6 Å². The first kappa shape index (κ1) is 20.0. The summed E-state index contributed by atoms with van der Waals surface area (Å²) < 4.78 is 28.0. The lowest BCUT2D eigenvalue weighted by atomic mass is 10.0. The molecule has 1 atom stereocenters. The van der Waals surface area contributed by atoms with Crippen molar-refractivity contribution in [3.63, 3.8) is 0 Å². The number of aromatic nitrogens is 2. The molecule has 0 bridgehead atoms. The molecule has 0 radical (unpaired) electrons. The molecular weight excluding hydrogens is 380 g/mol. The summed E-state index contributed by atoms with van der Waals surface area (Å²) in [5.74, 6) is -0.173. The molecule has 0 aliphatic rings. The molecule has 1 amide bonds. The first-order valence-electron chi connectivity index (χ1n) is 8.78. The van der Waals surface area contributed by atoms with Crippen molar-refractivity contribution in [2.45, 2.75) is 44.6 Å². The van der Waals surface area contributed by atoms with E-state index >= 15 is 0 Å². The minimum Gasteiger partial charge on any atom is -0.345 e. The molecule has 3 N–H and O–H groups in total. The van der Waals surface area contributed by atoms with Gasteiger partial charge in [-0.3, -0.25) is 4.79 Å². The van der Waals surface area contributed by atoms with E-state index in [9.17, 15) is 13.2 Å². The van der Waals surface area contributed by atoms with E-state index in [4.69, 9.17) is 9.66 Å². The molecule has 0 aliphatic carbocycles. The highest BCUT2D eigenvalue weighted by atomic mass is 32.2. The molecule has 1 unspecified atom stereocenters. The second-order valence-electron chi connectivity index (χ2n) is 7.01. The molecule has 0 saturated heterocycles.